The van der Waals surface area contributed by atoms with Crippen molar-refractivity contribution >= 4 is 23.4 Å². The van der Waals surface area contributed by atoms with Crippen LogP contribution in [0.1, 0.15) is 43.8 Å². The van der Waals surface area contributed by atoms with E-state index in [2.05, 4.69) is 15.7 Å². The molecule has 0 unspecified atom stereocenters. The Balaban J connectivity index is 1.96. The molecule has 1 aliphatic rings. The van der Waals surface area contributed by atoms with Crippen LogP contribution in [0.15, 0.2) is 24.3 Å². The van der Waals surface area contributed by atoms with Gasteiger partial charge in [0, 0.05) is 6.54 Å². The zero-order valence-corrected chi connectivity index (χ0v) is 12.1. The highest BCUT2D eigenvalue weighted by atomic mass is 16.2. The van der Waals surface area contributed by atoms with E-state index < -0.39 is 11.8 Å². The van der Waals surface area contributed by atoms with Crippen LogP contribution in [-0.2, 0) is 6.54 Å². The van der Waals surface area contributed by atoms with Crippen LogP contribution >= 0.6 is 0 Å². The summed E-state index contributed by atoms with van der Waals surface area (Å²) in [6, 6.07) is 6.43. The summed E-state index contributed by atoms with van der Waals surface area (Å²) in [7, 11) is 0. The van der Waals surface area contributed by atoms with E-state index in [9.17, 15) is 14.4 Å². The molecule has 2 heterocycles. The molecule has 22 heavy (non-hydrogen) atoms. The number of hydrogen-bond acceptors (Lipinski definition) is 4. The second kappa shape index (κ2) is 5.10. The third-order valence-corrected chi connectivity index (χ3v) is 3.45. The highest BCUT2D eigenvalue weighted by Gasteiger charge is 2.30. The van der Waals surface area contributed by atoms with E-state index in [4.69, 9.17) is 0 Å². The molecule has 7 heteroatoms. The van der Waals surface area contributed by atoms with Gasteiger partial charge < -0.3 is 5.32 Å². The number of amides is 3. The molecule has 3 amide bonds. The van der Waals surface area contributed by atoms with E-state index in [0.29, 0.717) is 17.9 Å². The van der Waals surface area contributed by atoms with Gasteiger partial charge in [0.2, 0.25) is 0 Å². The molecule has 112 valence electrons. The molecule has 3 rings (SSSR count). The van der Waals surface area contributed by atoms with Crippen molar-refractivity contribution in [3.05, 3.63) is 46.8 Å². The van der Waals surface area contributed by atoms with Gasteiger partial charge in [-0.25, -0.2) is 0 Å². The van der Waals surface area contributed by atoms with Gasteiger partial charge in [0.05, 0.1) is 22.5 Å². The van der Waals surface area contributed by atoms with Crippen molar-refractivity contribution < 1.29 is 14.4 Å². The van der Waals surface area contributed by atoms with Gasteiger partial charge in [-0.2, -0.15) is 5.10 Å². The van der Waals surface area contributed by atoms with Gasteiger partial charge >= 0.3 is 0 Å². The number of hydrogen-bond donors (Lipinski definition) is 2. The van der Waals surface area contributed by atoms with E-state index in [1.54, 1.807) is 35.9 Å². The van der Waals surface area contributed by atoms with Crippen molar-refractivity contribution in [3.63, 3.8) is 0 Å². The second-order valence-corrected chi connectivity index (χ2v) is 4.95. The average molecular weight is 298 g/mol. The number of imide groups is 1. The second-order valence-electron chi connectivity index (χ2n) is 4.95. The van der Waals surface area contributed by atoms with Crippen LogP contribution < -0.4 is 10.6 Å². The zero-order valence-electron chi connectivity index (χ0n) is 12.1. The highest BCUT2D eigenvalue weighted by molar-refractivity contribution is 6.24. The summed E-state index contributed by atoms with van der Waals surface area (Å²) < 4.78 is 1.58. The molecule has 0 atom stereocenters. The van der Waals surface area contributed by atoms with Crippen LogP contribution in [0, 0.1) is 6.92 Å². The number of anilines is 1. The lowest BCUT2D eigenvalue weighted by molar-refractivity contribution is 0.0879. The molecule has 1 aromatic carbocycles. The Morgan fingerprint density at radius 3 is 2.82 bits per heavy atom. The minimum absolute atomic E-state index is 0.195. The smallest absolute Gasteiger partial charge is 0.273 e. The van der Waals surface area contributed by atoms with Crippen molar-refractivity contribution in [3.8, 4) is 0 Å². The molecule has 1 aliphatic heterocycles. The predicted octanol–water partition coefficient (Wildman–Crippen LogP) is 1.35. The summed E-state index contributed by atoms with van der Waals surface area (Å²) in [4.78, 5) is 35.9. The summed E-state index contributed by atoms with van der Waals surface area (Å²) in [6.07, 6.45) is 0. The van der Waals surface area contributed by atoms with Gasteiger partial charge in [-0.1, -0.05) is 6.07 Å². The van der Waals surface area contributed by atoms with E-state index in [-0.39, 0.29) is 17.0 Å². The number of aryl methyl sites for hydroxylation is 2. The van der Waals surface area contributed by atoms with Crippen molar-refractivity contribution in [2.75, 3.05) is 5.32 Å². The molecule has 0 spiro atoms. The summed E-state index contributed by atoms with van der Waals surface area (Å²) in [6.45, 7) is 4.24. The van der Waals surface area contributed by atoms with E-state index in [1.165, 1.54) is 0 Å². The van der Waals surface area contributed by atoms with Crippen LogP contribution in [-0.4, -0.2) is 27.5 Å². The van der Waals surface area contributed by atoms with Gasteiger partial charge in [-0.3, -0.25) is 24.4 Å². The van der Waals surface area contributed by atoms with Crippen molar-refractivity contribution in [2.45, 2.75) is 20.4 Å². The van der Waals surface area contributed by atoms with Crippen LogP contribution in [0.5, 0.6) is 0 Å². The lowest BCUT2D eigenvalue weighted by atomic mass is 10.1. The molecule has 0 aliphatic carbocycles. The molecule has 0 bridgehead atoms. The molecular weight excluding hydrogens is 284 g/mol. The first-order valence-corrected chi connectivity index (χ1v) is 6.85. The van der Waals surface area contributed by atoms with E-state index in [0.717, 1.165) is 5.69 Å². The monoisotopic (exact) mass is 298 g/mol. The van der Waals surface area contributed by atoms with Gasteiger partial charge in [-0.15, -0.1) is 0 Å². The normalized spacial score (nSPS) is 13.0. The minimum atomic E-state index is -0.504. The van der Waals surface area contributed by atoms with Gasteiger partial charge in [-0.05, 0) is 32.0 Å². The number of rotatable bonds is 3. The molecule has 0 radical (unpaired) electrons. The lowest BCUT2D eigenvalue weighted by Gasteiger charge is -2.09. The topological polar surface area (TPSA) is 93.1 Å². The Hall–Kier alpha value is -2.96. The van der Waals surface area contributed by atoms with Crippen molar-refractivity contribution in [1.29, 1.82) is 0 Å². The van der Waals surface area contributed by atoms with Gasteiger partial charge in [0.1, 0.15) is 5.69 Å². The largest absolute Gasteiger partial charge is 0.320 e. The van der Waals surface area contributed by atoms with Crippen LogP contribution in [0.4, 0.5) is 5.69 Å². The number of aromatic nitrogens is 2. The summed E-state index contributed by atoms with van der Waals surface area (Å²) in [5.41, 5.74) is 1.91. The molecule has 7 nitrogen and oxygen atoms in total. The van der Waals surface area contributed by atoms with Gasteiger partial charge in [0.15, 0.2) is 0 Å². The Labute approximate surface area is 126 Å². The lowest BCUT2D eigenvalue weighted by Crippen LogP contribution is -2.21. The third kappa shape index (κ3) is 2.16. The van der Waals surface area contributed by atoms with Crippen LogP contribution in [0.3, 0.4) is 0 Å². The quantitative estimate of drug-likeness (QED) is 0.836. The standard InChI is InChI=1S/C15H14N4O3/c1-3-19-11(7-8(2)18-19)14(21)16-10-6-4-5-9-12(10)15(22)17-13(9)20/h4-7H,3H2,1-2H3,(H,16,21)(H,17,20,22). The summed E-state index contributed by atoms with van der Waals surface area (Å²) in [5, 5.41) is 9.11. The Morgan fingerprint density at radius 2 is 2.09 bits per heavy atom. The van der Waals surface area contributed by atoms with E-state index >= 15 is 0 Å². The highest BCUT2D eigenvalue weighted by Crippen LogP contribution is 2.24. The molecule has 0 fully saturated rings. The number of benzene rings is 1. The first kappa shape index (κ1) is 14.0. The fourth-order valence-electron chi connectivity index (χ4n) is 2.48. The first-order chi connectivity index (χ1) is 10.5. The maximum atomic E-state index is 12.4. The maximum Gasteiger partial charge on any atom is 0.273 e. The van der Waals surface area contributed by atoms with Crippen LogP contribution in [0.2, 0.25) is 0 Å². The Bertz CT molecular complexity index is 807. The minimum Gasteiger partial charge on any atom is -0.320 e. The van der Waals surface area contributed by atoms with E-state index in [1.807, 2.05) is 6.92 Å². The summed E-state index contributed by atoms with van der Waals surface area (Å²) >= 11 is 0. The third-order valence-electron chi connectivity index (χ3n) is 3.45. The number of fused-ring (bicyclic) bond motifs is 1. The maximum absolute atomic E-state index is 12.4. The Kier molecular flexibility index (Phi) is 3.25. The molecule has 2 aromatic rings. The fourth-order valence-corrected chi connectivity index (χ4v) is 2.48. The molecule has 2 N–H and O–H groups in total. The zero-order chi connectivity index (χ0) is 15.9. The molecular formula is C15H14N4O3. The predicted molar refractivity (Wildman–Crippen MR) is 78.8 cm³/mol. The van der Waals surface area contributed by atoms with Crippen LogP contribution in [0.25, 0.3) is 0 Å². The number of carbonyl (C=O) groups is 3. The summed E-state index contributed by atoms with van der Waals surface area (Å²) in [5.74, 6) is -1.33. The average Bonchev–Trinajstić information content (AvgIpc) is 3.00. The molecule has 1 aromatic heterocycles. The number of carbonyl (C=O) groups excluding carboxylic acids is 3. The molecule has 0 saturated heterocycles. The number of nitrogens with one attached hydrogen (secondary N) is 2. The molecule has 0 saturated carbocycles. The Morgan fingerprint density at radius 1 is 1.32 bits per heavy atom. The number of nitrogens with zero attached hydrogens (tertiary/aromatic N) is 2. The van der Waals surface area contributed by atoms with Crippen molar-refractivity contribution in [1.82, 2.24) is 15.1 Å². The van der Waals surface area contributed by atoms with Crippen molar-refractivity contribution in [2.24, 2.45) is 0 Å². The van der Waals surface area contributed by atoms with Gasteiger partial charge in [0.25, 0.3) is 17.7 Å². The first-order valence-electron chi connectivity index (χ1n) is 6.85. The fraction of sp³-hybridized carbons (Fsp3) is 0.200. The SMILES string of the molecule is CCn1nc(C)cc1C(=O)Nc1cccc2c1C(=O)NC2=O.